The fourth-order valence-corrected chi connectivity index (χ4v) is 1.89. The van der Waals surface area contributed by atoms with Crippen LogP contribution in [0.2, 0.25) is 0 Å². The monoisotopic (exact) mass is 211 g/mol. The predicted octanol–water partition coefficient (Wildman–Crippen LogP) is 2.30. The van der Waals surface area contributed by atoms with Crippen molar-refractivity contribution >= 4 is 0 Å². The topological polar surface area (TPSA) is 9.72 Å². The molecule has 0 amide bonds. The molecule has 0 aromatic heterocycles. The van der Waals surface area contributed by atoms with E-state index in [1.807, 2.05) is 30.6 Å². The van der Waals surface area contributed by atoms with Gasteiger partial charge in [0.05, 0.1) is 12.2 Å². The molecule has 0 fully saturated rings. The van der Waals surface area contributed by atoms with E-state index in [9.17, 15) is 0 Å². The molecule has 3 nitrogen and oxygen atoms in total. The average molecular weight is 211 g/mol. The molecule has 0 aliphatic carbocycles. The van der Waals surface area contributed by atoms with E-state index >= 15 is 0 Å². The molecule has 0 atom stereocenters. The molecule has 3 rings (SSSR count). The number of nitrogens with zero attached hydrogens (tertiary/aromatic N) is 3. The third kappa shape index (κ3) is 1.46. The maximum atomic E-state index is 2.21. The molecule has 80 valence electrons. The number of hydrogen-bond donors (Lipinski definition) is 0. The van der Waals surface area contributed by atoms with Crippen molar-refractivity contribution in [2.45, 2.75) is 0 Å². The van der Waals surface area contributed by atoms with Crippen LogP contribution in [0.4, 0.5) is 0 Å². The Morgan fingerprint density at radius 1 is 0.875 bits per heavy atom. The normalized spacial score (nSPS) is 23.5. The Bertz CT molecular complexity index is 452. The molecular formula is C13H13N3. The fourth-order valence-electron chi connectivity index (χ4n) is 1.89. The highest BCUT2D eigenvalue weighted by Crippen LogP contribution is 2.21. The Morgan fingerprint density at radius 2 is 1.69 bits per heavy atom. The molecule has 0 radical (unpaired) electrons. The zero-order valence-electron chi connectivity index (χ0n) is 8.90. The van der Waals surface area contributed by atoms with Gasteiger partial charge < -0.3 is 0 Å². The van der Waals surface area contributed by atoms with Crippen molar-refractivity contribution < 1.29 is 0 Å². The molecular weight excluding hydrogens is 198 g/mol. The fraction of sp³-hybridized carbons (Fsp3) is 0.0769. The summed E-state index contributed by atoms with van der Waals surface area (Å²) in [6, 6.07) is 0. The Morgan fingerprint density at radius 3 is 2.62 bits per heavy atom. The van der Waals surface area contributed by atoms with Gasteiger partial charge in [0, 0.05) is 18.6 Å². The number of rotatable bonds is 0. The predicted molar refractivity (Wildman–Crippen MR) is 64.2 cm³/mol. The summed E-state index contributed by atoms with van der Waals surface area (Å²) in [6.07, 6.45) is 22.7. The number of fused-ring (bicyclic) bond motifs is 3. The first-order valence-electron chi connectivity index (χ1n) is 5.37. The summed E-state index contributed by atoms with van der Waals surface area (Å²) in [4.78, 5) is 0. The lowest BCUT2D eigenvalue weighted by molar-refractivity contribution is -0.0622. The summed E-state index contributed by atoms with van der Waals surface area (Å²) >= 11 is 0. The molecule has 0 N–H and O–H groups in total. The zero-order chi connectivity index (χ0) is 10.8. The van der Waals surface area contributed by atoms with Crippen LogP contribution in [0.25, 0.3) is 0 Å². The lowest BCUT2D eigenvalue weighted by Gasteiger charge is -2.43. The maximum Gasteiger partial charge on any atom is 0.0599 e. The Balaban J connectivity index is 2.01. The van der Waals surface area contributed by atoms with Crippen LogP contribution in [0.5, 0.6) is 0 Å². The van der Waals surface area contributed by atoms with Gasteiger partial charge in [-0.1, -0.05) is 18.2 Å². The second-order valence-electron chi connectivity index (χ2n) is 3.69. The zero-order valence-corrected chi connectivity index (χ0v) is 8.90. The molecule has 0 saturated carbocycles. The van der Waals surface area contributed by atoms with E-state index in [1.165, 1.54) is 5.70 Å². The summed E-state index contributed by atoms with van der Waals surface area (Å²) in [6.45, 7) is 0.888. The van der Waals surface area contributed by atoms with Gasteiger partial charge in [0.1, 0.15) is 0 Å². The minimum atomic E-state index is 0.888. The highest BCUT2D eigenvalue weighted by molar-refractivity contribution is 5.30. The van der Waals surface area contributed by atoms with E-state index in [2.05, 4.69) is 51.7 Å². The maximum absolute atomic E-state index is 2.21. The second kappa shape index (κ2) is 3.77. The van der Waals surface area contributed by atoms with Crippen LogP contribution in [0.1, 0.15) is 0 Å². The molecule has 3 aliphatic heterocycles. The van der Waals surface area contributed by atoms with Gasteiger partial charge in [0.15, 0.2) is 0 Å². The molecule has 0 aromatic rings. The van der Waals surface area contributed by atoms with Crippen LogP contribution in [0.15, 0.2) is 72.9 Å². The van der Waals surface area contributed by atoms with Gasteiger partial charge in [-0.05, 0) is 30.4 Å². The second-order valence-corrected chi connectivity index (χ2v) is 3.69. The molecule has 0 unspecified atom stereocenters. The molecule has 0 aromatic carbocycles. The van der Waals surface area contributed by atoms with E-state index in [4.69, 9.17) is 0 Å². The lowest BCUT2D eigenvalue weighted by atomic mass is 10.2. The van der Waals surface area contributed by atoms with Crippen molar-refractivity contribution in [1.82, 2.24) is 15.1 Å². The molecule has 0 spiro atoms. The first-order valence-corrected chi connectivity index (χ1v) is 5.37. The van der Waals surface area contributed by atoms with Crippen LogP contribution in [-0.2, 0) is 0 Å². The molecule has 3 heterocycles. The van der Waals surface area contributed by atoms with Crippen molar-refractivity contribution in [2.75, 3.05) is 6.54 Å². The van der Waals surface area contributed by atoms with E-state index in [-0.39, 0.29) is 0 Å². The summed E-state index contributed by atoms with van der Waals surface area (Å²) in [7, 11) is 0. The van der Waals surface area contributed by atoms with Gasteiger partial charge in [-0.3, -0.25) is 5.01 Å². The number of hydrogen-bond acceptors (Lipinski definition) is 3. The van der Waals surface area contributed by atoms with Gasteiger partial charge in [0.25, 0.3) is 0 Å². The standard InChI is InChI=1S/C13H13N3/c1-3-9-14-10-5-6-12-16(14)15-11-4-2-8-13(15)7-1/h1-10,12H,11H2/b7-1?,9-3-. The van der Waals surface area contributed by atoms with E-state index < -0.39 is 0 Å². The summed E-state index contributed by atoms with van der Waals surface area (Å²) in [5.41, 5.74) is 1.19. The van der Waals surface area contributed by atoms with Crippen molar-refractivity contribution in [3.63, 3.8) is 0 Å². The summed E-state index contributed by atoms with van der Waals surface area (Å²) in [5.74, 6) is 0. The summed E-state index contributed by atoms with van der Waals surface area (Å²) in [5, 5.41) is 6.35. The van der Waals surface area contributed by atoms with E-state index in [0.29, 0.717) is 0 Å². The molecule has 0 bridgehead atoms. The minimum Gasteiger partial charge on any atom is -0.263 e. The molecule has 0 saturated heterocycles. The van der Waals surface area contributed by atoms with Crippen molar-refractivity contribution in [2.24, 2.45) is 0 Å². The van der Waals surface area contributed by atoms with Gasteiger partial charge >= 0.3 is 0 Å². The number of allylic oxidation sites excluding steroid dienone is 7. The van der Waals surface area contributed by atoms with Crippen molar-refractivity contribution in [3.05, 3.63) is 72.9 Å². The van der Waals surface area contributed by atoms with Crippen LogP contribution in [0, 0.1) is 0 Å². The third-order valence-corrected chi connectivity index (χ3v) is 2.65. The SMILES string of the molecule is C1=CCN2C(=C1)C=C/C=C\N1C=CC=CN12. The van der Waals surface area contributed by atoms with E-state index in [1.54, 1.807) is 0 Å². The molecule has 3 heteroatoms. The van der Waals surface area contributed by atoms with Crippen molar-refractivity contribution in [1.29, 1.82) is 0 Å². The Labute approximate surface area is 95.2 Å². The smallest absolute Gasteiger partial charge is 0.0599 e. The van der Waals surface area contributed by atoms with Gasteiger partial charge in [-0.25, -0.2) is 5.01 Å². The Hall–Kier alpha value is -2.16. The Kier molecular flexibility index (Phi) is 2.14. The molecule has 3 aliphatic rings. The number of hydrazine groups is 2. The largest absolute Gasteiger partial charge is 0.263 e. The third-order valence-electron chi connectivity index (χ3n) is 2.65. The van der Waals surface area contributed by atoms with Crippen LogP contribution in [0.3, 0.4) is 0 Å². The molecule has 16 heavy (non-hydrogen) atoms. The van der Waals surface area contributed by atoms with Gasteiger partial charge in [-0.15, -0.1) is 0 Å². The first kappa shape index (κ1) is 9.09. The van der Waals surface area contributed by atoms with Crippen molar-refractivity contribution in [3.8, 4) is 0 Å². The quantitative estimate of drug-likeness (QED) is 0.608. The highest BCUT2D eigenvalue weighted by Gasteiger charge is 2.19. The van der Waals surface area contributed by atoms with E-state index in [0.717, 1.165) is 6.54 Å². The van der Waals surface area contributed by atoms with Crippen LogP contribution >= 0.6 is 0 Å². The summed E-state index contributed by atoms with van der Waals surface area (Å²) < 4.78 is 0. The van der Waals surface area contributed by atoms with Crippen LogP contribution < -0.4 is 0 Å². The lowest BCUT2D eigenvalue weighted by Crippen LogP contribution is -2.46. The van der Waals surface area contributed by atoms with Crippen LogP contribution in [-0.4, -0.2) is 21.7 Å². The first-order chi connectivity index (χ1) is 7.95. The minimum absolute atomic E-state index is 0.888. The van der Waals surface area contributed by atoms with Gasteiger partial charge in [0.2, 0.25) is 0 Å². The average Bonchev–Trinajstić information content (AvgIpc) is 2.33. The highest BCUT2D eigenvalue weighted by atomic mass is 15.8. The van der Waals surface area contributed by atoms with Gasteiger partial charge in [-0.2, -0.15) is 5.12 Å².